The highest BCUT2D eigenvalue weighted by Crippen LogP contribution is 2.42. The molecule has 4 bridgehead atoms. The van der Waals surface area contributed by atoms with E-state index in [1.807, 2.05) is 13.8 Å². The summed E-state index contributed by atoms with van der Waals surface area (Å²) in [5.41, 5.74) is -0.468. The van der Waals surface area contributed by atoms with Crippen LogP contribution < -0.4 is 4.74 Å². The minimum atomic E-state index is -3.68. The zero-order valence-corrected chi connectivity index (χ0v) is 29.1. The Morgan fingerprint density at radius 2 is 1.88 bits per heavy atom. The number of rotatable bonds is 4. The number of aryl methyl sites for hydroxylation is 2. The molecule has 264 valence electrons. The molecule has 2 unspecified atom stereocenters. The van der Waals surface area contributed by atoms with Crippen LogP contribution >= 0.6 is 0 Å². The van der Waals surface area contributed by atoms with Crippen LogP contribution in [0.15, 0.2) is 60.8 Å². The standard InChI is InChI=1S/C37H39F3N4O5S/c1-22(34(45)46)23-7-5-8-24(17-23)37(20-38)14-6-13-36(2,3)21-50(47,48)16-12-27-26-11-15-41-31(26)19-30(40)32(27)49-25-9-10-29(39)28(18-25)33-42-35(37)43-44(33)4/h5,7-11,15,17-19,22,41H,6,12-14,16,20-21H2,1-4H3,(H,45,46). The first-order valence-electron chi connectivity index (χ1n) is 16.4. The van der Waals surface area contributed by atoms with E-state index in [0.29, 0.717) is 40.4 Å². The molecule has 0 spiro atoms. The molecule has 0 fully saturated rings. The zero-order chi connectivity index (χ0) is 36.0. The summed E-state index contributed by atoms with van der Waals surface area (Å²) >= 11 is 0. The molecule has 9 nitrogen and oxygen atoms in total. The highest BCUT2D eigenvalue weighted by Gasteiger charge is 2.40. The van der Waals surface area contributed by atoms with E-state index in [2.05, 4.69) is 10.1 Å². The number of sulfone groups is 1. The third-order valence-electron chi connectivity index (χ3n) is 9.72. The molecular weight excluding hydrogens is 669 g/mol. The quantitative estimate of drug-likeness (QED) is 0.196. The molecule has 2 atom stereocenters. The molecular formula is C37H39F3N4O5S. The summed E-state index contributed by atoms with van der Waals surface area (Å²) < 4.78 is 81.6. The number of ether oxygens (including phenoxy) is 1. The molecule has 2 aromatic heterocycles. The summed E-state index contributed by atoms with van der Waals surface area (Å²) in [7, 11) is -2.13. The smallest absolute Gasteiger partial charge is 0.310 e. The van der Waals surface area contributed by atoms with E-state index in [-0.39, 0.29) is 53.1 Å². The Bertz CT molecular complexity index is 2200. The second kappa shape index (κ2) is 13.2. The lowest BCUT2D eigenvalue weighted by Crippen LogP contribution is -2.33. The molecule has 1 aliphatic rings. The van der Waals surface area contributed by atoms with Crippen molar-refractivity contribution in [3.05, 3.63) is 94.9 Å². The van der Waals surface area contributed by atoms with Crippen LogP contribution in [0, 0.1) is 17.0 Å². The second-order valence-corrected chi connectivity index (χ2v) is 16.2. The highest BCUT2D eigenvalue weighted by atomic mass is 32.2. The van der Waals surface area contributed by atoms with Gasteiger partial charge >= 0.3 is 5.97 Å². The normalized spacial score (nSPS) is 19.9. The Kier molecular flexibility index (Phi) is 9.31. The number of aromatic amines is 1. The summed E-state index contributed by atoms with van der Waals surface area (Å²) in [6.45, 7) is 4.25. The van der Waals surface area contributed by atoms with Gasteiger partial charge in [0.05, 0.1) is 28.4 Å². The molecule has 13 heteroatoms. The van der Waals surface area contributed by atoms with Crippen LogP contribution in [0.1, 0.15) is 68.5 Å². The number of benzene rings is 3. The first-order valence-corrected chi connectivity index (χ1v) is 18.2. The predicted molar refractivity (Wildman–Crippen MR) is 184 cm³/mol. The fourth-order valence-corrected chi connectivity index (χ4v) is 8.96. The molecule has 6 rings (SSSR count). The number of hydrogen-bond acceptors (Lipinski definition) is 6. The number of nitrogens with zero attached hydrogens (tertiary/aromatic N) is 3. The molecule has 50 heavy (non-hydrogen) atoms. The van der Waals surface area contributed by atoms with Crippen molar-refractivity contribution >= 4 is 26.7 Å². The van der Waals surface area contributed by atoms with Crippen molar-refractivity contribution in [3.8, 4) is 22.9 Å². The van der Waals surface area contributed by atoms with E-state index >= 15 is 13.2 Å². The monoisotopic (exact) mass is 708 g/mol. The van der Waals surface area contributed by atoms with Gasteiger partial charge in [0.25, 0.3) is 0 Å². The first kappa shape index (κ1) is 35.2. The van der Waals surface area contributed by atoms with E-state index in [4.69, 9.17) is 9.72 Å². The topological polar surface area (TPSA) is 127 Å². The summed E-state index contributed by atoms with van der Waals surface area (Å²) in [6, 6.07) is 13.5. The van der Waals surface area contributed by atoms with Gasteiger partial charge in [-0.05, 0) is 67.0 Å². The van der Waals surface area contributed by atoms with Crippen molar-refractivity contribution in [2.45, 2.75) is 57.8 Å². The fourth-order valence-electron chi connectivity index (χ4n) is 6.96. The summed E-state index contributed by atoms with van der Waals surface area (Å²) in [4.78, 5) is 19.5. The second-order valence-electron chi connectivity index (χ2n) is 14.0. The molecule has 1 aliphatic heterocycles. The summed E-state index contributed by atoms with van der Waals surface area (Å²) in [5, 5.41) is 14.9. The zero-order valence-electron chi connectivity index (χ0n) is 28.3. The first-order chi connectivity index (χ1) is 23.6. The van der Waals surface area contributed by atoms with Crippen molar-refractivity contribution in [2.24, 2.45) is 12.5 Å². The Labute approximate surface area is 288 Å². The number of fused-ring (bicyclic) bond motifs is 8. The molecule has 0 aliphatic carbocycles. The van der Waals surface area contributed by atoms with Gasteiger partial charge in [-0.15, -0.1) is 0 Å². The maximum absolute atomic E-state index is 15.7. The van der Waals surface area contributed by atoms with Gasteiger partial charge in [0, 0.05) is 35.8 Å². The number of carbonyl (C=O) groups is 1. The Morgan fingerprint density at radius 3 is 2.62 bits per heavy atom. The number of halogens is 3. The number of hydrogen-bond donors (Lipinski definition) is 2. The molecule has 2 N–H and O–H groups in total. The van der Waals surface area contributed by atoms with Gasteiger partial charge < -0.3 is 14.8 Å². The number of carboxylic acid groups (broad SMARTS) is 1. The van der Waals surface area contributed by atoms with Crippen LogP contribution in [0.5, 0.6) is 11.5 Å². The highest BCUT2D eigenvalue weighted by molar-refractivity contribution is 7.91. The van der Waals surface area contributed by atoms with Crippen molar-refractivity contribution in [3.63, 3.8) is 0 Å². The number of H-pyrrole nitrogens is 1. The molecule has 0 saturated carbocycles. The predicted octanol–water partition coefficient (Wildman–Crippen LogP) is 7.65. The molecule has 0 saturated heterocycles. The Hall–Kier alpha value is -4.65. The molecule has 0 amide bonds. The van der Waals surface area contributed by atoms with E-state index < -0.39 is 50.9 Å². The average Bonchev–Trinajstić information content (AvgIpc) is 3.69. The lowest BCUT2D eigenvalue weighted by atomic mass is 9.74. The Balaban J connectivity index is 1.54. The molecule has 3 heterocycles. The lowest BCUT2D eigenvalue weighted by Gasteiger charge is -2.32. The number of aromatic nitrogens is 4. The Morgan fingerprint density at radius 1 is 1.10 bits per heavy atom. The lowest BCUT2D eigenvalue weighted by molar-refractivity contribution is -0.138. The average molecular weight is 709 g/mol. The van der Waals surface area contributed by atoms with Crippen molar-refractivity contribution < 1.29 is 36.2 Å². The van der Waals surface area contributed by atoms with Gasteiger partial charge in [0.15, 0.2) is 33.1 Å². The third kappa shape index (κ3) is 6.75. The number of aliphatic carboxylic acids is 1. The van der Waals surface area contributed by atoms with Crippen LogP contribution in [-0.2, 0) is 33.5 Å². The van der Waals surface area contributed by atoms with Gasteiger partial charge in [0.2, 0.25) is 0 Å². The number of carboxylic acids is 1. The fraction of sp³-hybridized carbons (Fsp3) is 0.378. The summed E-state index contributed by atoms with van der Waals surface area (Å²) in [5.74, 6) is -3.72. The maximum Gasteiger partial charge on any atom is 0.310 e. The van der Waals surface area contributed by atoms with Gasteiger partial charge in [0.1, 0.15) is 18.2 Å². The minimum Gasteiger partial charge on any atom is -0.481 e. The number of nitrogens with one attached hydrogen (secondary N) is 1. The van der Waals surface area contributed by atoms with Crippen LogP contribution in [0.4, 0.5) is 13.2 Å². The van der Waals surface area contributed by atoms with E-state index in [9.17, 15) is 18.3 Å². The van der Waals surface area contributed by atoms with E-state index in [0.717, 1.165) is 6.07 Å². The van der Waals surface area contributed by atoms with Crippen molar-refractivity contribution in [2.75, 3.05) is 18.2 Å². The van der Waals surface area contributed by atoms with Crippen LogP contribution in [0.3, 0.4) is 0 Å². The van der Waals surface area contributed by atoms with Gasteiger partial charge in [-0.2, -0.15) is 5.10 Å². The largest absolute Gasteiger partial charge is 0.481 e. The maximum atomic E-state index is 15.7. The SMILES string of the molecule is CC(C(=O)O)c1cccc(C2(CF)CCCC(C)(C)CS(=O)(=O)CCc3c(c(F)cc4[nH]ccc34)Oc3ccc(F)c(c3)-c3nc2nn3C)c1. The van der Waals surface area contributed by atoms with Crippen LogP contribution in [0.25, 0.3) is 22.3 Å². The molecule has 0 radical (unpaired) electrons. The van der Waals surface area contributed by atoms with Crippen molar-refractivity contribution in [1.29, 1.82) is 0 Å². The molecule has 3 aromatic carbocycles. The number of alkyl halides is 1. The third-order valence-corrected chi connectivity index (χ3v) is 11.8. The van der Waals surface area contributed by atoms with Gasteiger partial charge in [-0.3, -0.25) is 4.79 Å². The van der Waals surface area contributed by atoms with Crippen molar-refractivity contribution in [1.82, 2.24) is 19.7 Å². The van der Waals surface area contributed by atoms with E-state index in [1.165, 1.54) is 29.8 Å². The molecule has 5 aromatic rings. The van der Waals surface area contributed by atoms with Gasteiger partial charge in [-0.25, -0.2) is 31.3 Å². The van der Waals surface area contributed by atoms with Gasteiger partial charge in [-0.1, -0.05) is 44.5 Å². The van der Waals surface area contributed by atoms with Crippen LogP contribution in [-0.4, -0.2) is 57.4 Å². The summed E-state index contributed by atoms with van der Waals surface area (Å²) in [6.07, 6.45) is 2.53. The minimum absolute atomic E-state index is 0.0285. The van der Waals surface area contributed by atoms with Crippen LogP contribution in [0.2, 0.25) is 0 Å². The van der Waals surface area contributed by atoms with E-state index in [1.54, 1.807) is 43.6 Å².